The number of hydrogen-bond acceptors (Lipinski definition) is 4. The maximum atomic E-state index is 15.3. The van der Waals surface area contributed by atoms with Crippen molar-refractivity contribution in [1.29, 1.82) is 0 Å². The highest BCUT2D eigenvalue weighted by atomic mass is 32.2. The van der Waals surface area contributed by atoms with E-state index in [0.717, 1.165) is 0 Å². The molecule has 1 aromatic rings. The maximum Gasteiger partial charge on any atom is 0.311 e. The zero-order chi connectivity index (χ0) is 21.5. The largest absolute Gasteiger partial charge is 0.465 e. The zero-order valence-corrected chi connectivity index (χ0v) is 16.9. The van der Waals surface area contributed by atoms with E-state index in [4.69, 9.17) is 9.29 Å². The van der Waals surface area contributed by atoms with Crippen LogP contribution in [-0.4, -0.2) is 37.7 Å². The first-order valence-electron chi connectivity index (χ1n) is 8.26. The molecule has 0 aliphatic rings. The van der Waals surface area contributed by atoms with Crippen molar-refractivity contribution in [3.05, 3.63) is 35.9 Å². The molecule has 0 radical (unpaired) electrons. The van der Waals surface area contributed by atoms with Crippen molar-refractivity contribution in [2.24, 2.45) is 5.41 Å². The lowest BCUT2D eigenvalue weighted by Crippen LogP contribution is -2.45. The average molecular weight is 412 g/mol. The molecule has 1 unspecified atom stereocenters. The molecule has 0 saturated heterocycles. The summed E-state index contributed by atoms with van der Waals surface area (Å²) in [7, 11) is -3.67. The molecule has 0 spiro atoms. The Morgan fingerprint density at radius 1 is 1.11 bits per heavy atom. The topological polar surface area (TPSA) is 80.7 Å². The molecular formula is C18H27F3O5S. The maximum absolute atomic E-state index is 15.3. The van der Waals surface area contributed by atoms with Crippen molar-refractivity contribution < 1.29 is 35.7 Å². The summed E-state index contributed by atoms with van der Waals surface area (Å²) < 4.78 is 74.1. The number of alkyl halides is 3. The van der Waals surface area contributed by atoms with Crippen molar-refractivity contribution in [1.82, 2.24) is 0 Å². The number of ether oxygens (including phenoxy) is 1. The van der Waals surface area contributed by atoms with Crippen LogP contribution in [0.5, 0.6) is 0 Å². The second kappa shape index (κ2) is 9.54. The molecule has 0 aliphatic carbocycles. The van der Waals surface area contributed by atoms with Gasteiger partial charge in [-0.3, -0.25) is 9.35 Å². The number of halogens is 3. The molecule has 9 heteroatoms. The van der Waals surface area contributed by atoms with Gasteiger partial charge in [-0.2, -0.15) is 8.42 Å². The van der Waals surface area contributed by atoms with Crippen molar-refractivity contribution in [3.8, 4) is 0 Å². The highest BCUT2D eigenvalue weighted by molar-refractivity contribution is 7.85. The van der Waals surface area contributed by atoms with Gasteiger partial charge in [0.05, 0.1) is 18.3 Å². The Morgan fingerprint density at radius 2 is 1.56 bits per heavy atom. The third-order valence-electron chi connectivity index (χ3n) is 3.60. The number of carbonyl (C=O) groups excluding carboxylic acids is 1. The molecule has 0 fully saturated rings. The summed E-state index contributed by atoms with van der Waals surface area (Å²) in [6, 6.07) is 7.24. The summed E-state index contributed by atoms with van der Waals surface area (Å²) in [4.78, 5) is 12.0. The molecule has 0 bridgehead atoms. The van der Waals surface area contributed by atoms with Gasteiger partial charge in [-0.1, -0.05) is 37.3 Å². The van der Waals surface area contributed by atoms with Crippen LogP contribution in [0.25, 0.3) is 0 Å². The van der Waals surface area contributed by atoms with Gasteiger partial charge in [-0.25, -0.2) is 13.2 Å². The third-order valence-corrected chi connectivity index (χ3v) is 3.60. The van der Waals surface area contributed by atoms with Gasteiger partial charge < -0.3 is 4.74 Å². The first-order chi connectivity index (χ1) is 12.0. The van der Waals surface area contributed by atoms with E-state index in [1.807, 2.05) is 6.92 Å². The van der Waals surface area contributed by atoms with Crippen LogP contribution in [0.2, 0.25) is 0 Å². The van der Waals surface area contributed by atoms with Crippen LogP contribution >= 0.6 is 0 Å². The second-order valence-corrected chi connectivity index (χ2v) is 8.45. The second-order valence-electron chi connectivity index (χ2n) is 6.99. The van der Waals surface area contributed by atoms with Gasteiger partial charge in [0.1, 0.15) is 0 Å². The lowest BCUT2D eigenvalue weighted by atomic mass is 9.75. The van der Waals surface area contributed by atoms with Gasteiger partial charge in [-0.15, -0.1) is 0 Å². The average Bonchev–Trinajstić information content (AvgIpc) is 2.50. The fourth-order valence-electron chi connectivity index (χ4n) is 2.28. The van der Waals surface area contributed by atoms with Crippen LogP contribution in [0.3, 0.4) is 0 Å². The molecule has 0 heterocycles. The lowest BCUT2D eigenvalue weighted by Gasteiger charge is -2.37. The number of benzene rings is 1. The molecule has 1 rings (SSSR count). The Bertz CT molecular complexity index is 691. The predicted molar refractivity (Wildman–Crippen MR) is 97.0 cm³/mol. The van der Waals surface area contributed by atoms with Gasteiger partial charge >= 0.3 is 5.97 Å². The van der Waals surface area contributed by atoms with E-state index >= 15 is 4.39 Å². The van der Waals surface area contributed by atoms with Crippen molar-refractivity contribution in [2.45, 2.75) is 52.1 Å². The van der Waals surface area contributed by atoms with E-state index in [-0.39, 0.29) is 12.2 Å². The summed E-state index contributed by atoms with van der Waals surface area (Å²) in [5.41, 5.74) is -4.44. The summed E-state index contributed by atoms with van der Waals surface area (Å²) in [6.07, 6.45) is 0.675. The minimum atomic E-state index is -3.67. The van der Waals surface area contributed by atoms with Gasteiger partial charge in [0.15, 0.2) is 5.67 Å². The minimum Gasteiger partial charge on any atom is -0.465 e. The van der Waals surface area contributed by atoms with Crippen LogP contribution in [0.4, 0.5) is 13.2 Å². The van der Waals surface area contributed by atoms with Gasteiger partial charge in [-0.05, 0) is 25.8 Å². The fraction of sp³-hybridized carbons (Fsp3) is 0.611. The molecule has 27 heavy (non-hydrogen) atoms. The van der Waals surface area contributed by atoms with Crippen molar-refractivity contribution in [3.63, 3.8) is 0 Å². The van der Waals surface area contributed by atoms with E-state index in [2.05, 4.69) is 0 Å². The molecule has 0 aromatic heterocycles. The number of carbonyl (C=O) groups is 1. The van der Waals surface area contributed by atoms with Gasteiger partial charge in [0.2, 0.25) is 0 Å². The molecule has 0 amide bonds. The van der Waals surface area contributed by atoms with Gasteiger partial charge in [0.25, 0.3) is 16.0 Å². The first kappa shape index (κ1) is 25.4. The smallest absolute Gasteiger partial charge is 0.311 e. The Hall–Kier alpha value is -1.61. The summed E-state index contributed by atoms with van der Waals surface area (Å²) >= 11 is 0. The first-order valence-corrected chi connectivity index (χ1v) is 10.1. The van der Waals surface area contributed by atoms with Gasteiger partial charge in [0, 0.05) is 13.3 Å². The van der Waals surface area contributed by atoms with E-state index in [1.54, 1.807) is 6.07 Å². The molecule has 1 N–H and O–H groups in total. The highest BCUT2D eigenvalue weighted by Gasteiger charge is 2.56. The van der Waals surface area contributed by atoms with E-state index in [1.165, 1.54) is 38.1 Å². The molecule has 1 aromatic carbocycles. The molecule has 0 aliphatic heterocycles. The van der Waals surface area contributed by atoms with E-state index in [0.29, 0.717) is 19.6 Å². The normalized spacial score (nSPS) is 14.6. The molecule has 1 atom stereocenters. The summed E-state index contributed by atoms with van der Waals surface area (Å²) in [5.74, 6) is -4.30. The SMILES string of the molecule is CCCOC(=O)C(C)(C)CC(F)(c1ccccc1)C(C)(F)F.CS(=O)(=O)O. The van der Waals surface area contributed by atoms with Crippen molar-refractivity contribution >= 4 is 16.1 Å². The Balaban J connectivity index is 0.00000119. The Labute approximate surface area is 158 Å². The van der Waals surface area contributed by atoms with Crippen LogP contribution in [0, 0.1) is 5.41 Å². The van der Waals surface area contributed by atoms with Crippen LogP contribution in [-0.2, 0) is 25.3 Å². The molecular weight excluding hydrogens is 385 g/mol. The number of esters is 1. The van der Waals surface area contributed by atoms with Crippen LogP contribution in [0.15, 0.2) is 30.3 Å². The number of rotatable bonds is 7. The van der Waals surface area contributed by atoms with Crippen LogP contribution < -0.4 is 0 Å². The predicted octanol–water partition coefficient (Wildman–Crippen LogP) is 4.38. The molecule has 5 nitrogen and oxygen atoms in total. The monoisotopic (exact) mass is 412 g/mol. The quantitative estimate of drug-likeness (QED) is 0.531. The highest BCUT2D eigenvalue weighted by Crippen LogP contribution is 2.48. The van der Waals surface area contributed by atoms with E-state index in [9.17, 15) is 22.0 Å². The minimum absolute atomic E-state index is 0.140. The van der Waals surface area contributed by atoms with E-state index < -0.39 is 39.5 Å². The Morgan fingerprint density at radius 3 is 1.93 bits per heavy atom. The zero-order valence-electron chi connectivity index (χ0n) is 16.1. The Kier molecular flexibility index (Phi) is 8.98. The summed E-state index contributed by atoms with van der Waals surface area (Å²) in [6.45, 7) is 5.40. The standard InChI is InChI=1S/C17H23F3O2.CH4O3S/c1-5-11-22-14(21)15(2,3)12-17(20,16(4,18)19)13-9-7-6-8-10-13;1-5(2,3)4/h6-10H,5,11-12H2,1-4H3;1H3,(H,2,3,4). The van der Waals surface area contributed by atoms with Crippen LogP contribution in [0.1, 0.15) is 46.1 Å². The van der Waals surface area contributed by atoms with Crippen molar-refractivity contribution in [2.75, 3.05) is 12.9 Å². The molecule has 0 saturated carbocycles. The third kappa shape index (κ3) is 8.75. The number of hydrogen-bond donors (Lipinski definition) is 1. The molecule has 156 valence electrons. The lowest BCUT2D eigenvalue weighted by molar-refractivity contribution is -0.170. The fourth-order valence-corrected chi connectivity index (χ4v) is 2.28. The summed E-state index contributed by atoms with van der Waals surface area (Å²) in [5, 5.41) is 0.